The number of aliphatic hydroxyl groups excluding tert-OH is 1. The molecule has 0 saturated carbocycles. The molecule has 0 heterocycles. The number of carbonyl (C=O) groups excluding carboxylic acids is 1. The Labute approximate surface area is 98.4 Å². The summed E-state index contributed by atoms with van der Waals surface area (Å²) in [5.74, 6) is -0.457. The summed E-state index contributed by atoms with van der Waals surface area (Å²) in [6.45, 7) is 6.52. The Kier molecular flexibility index (Phi) is 36.0. The van der Waals surface area contributed by atoms with Gasteiger partial charge in [-0.05, 0) is 35.0 Å². The van der Waals surface area contributed by atoms with Crippen molar-refractivity contribution in [1.82, 2.24) is 0 Å². The lowest BCUT2D eigenvalue weighted by molar-refractivity contribution is -0.141. The predicted octanol–water partition coefficient (Wildman–Crippen LogP) is -0.789. The van der Waals surface area contributed by atoms with Crippen LogP contribution in [0.5, 0.6) is 0 Å². The third kappa shape index (κ3) is 29.2. The first kappa shape index (κ1) is 24.3. The molecule has 0 aromatic rings. The molecular formula is C10H27N3O3. The van der Waals surface area contributed by atoms with Crippen LogP contribution in [0, 0.1) is 0 Å². The minimum absolute atomic E-state index is 0.0334. The molecule has 1 unspecified atom stereocenters. The van der Waals surface area contributed by atoms with Crippen molar-refractivity contribution in [3.63, 3.8) is 0 Å². The molecule has 7 N–H and O–H groups in total. The van der Waals surface area contributed by atoms with Crippen molar-refractivity contribution in [3.8, 4) is 0 Å². The standard InChI is InChI=1S/C7H12O3.3CH5N/c1-5(2)7(9)10-4-6(3)8;3*1-2/h6,8H,1,4H2,2-3H3;3*2H2,1H3. The summed E-state index contributed by atoms with van der Waals surface area (Å²) in [6.07, 6.45) is -0.608. The number of ether oxygens (including phenoxy) is 1. The van der Waals surface area contributed by atoms with Gasteiger partial charge in [-0.2, -0.15) is 0 Å². The summed E-state index contributed by atoms with van der Waals surface area (Å²) in [6, 6.07) is 0. The van der Waals surface area contributed by atoms with Crippen LogP contribution in [0.3, 0.4) is 0 Å². The van der Waals surface area contributed by atoms with Gasteiger partial charge in [0.25, 0.3) is 0 Å². The van der Waals surface area contributed by atoms with E-state index in [-0.39, 0.29) is 6.61 Å². The molecule has 0 amide bonds. The lowest BCUT2D eigenvalue weighted by Gasteiger charge is -2.04. The number of carbonyl (C=O) groups is 1. The van der Waals surface area contributed by atoms with Gasteiger partial charge < -0.3 is 27.0 Å². The zero-order valence-corrected chi connectivity index (χ0v) is 11.0. The SMILES string of the molecule is C=C(C)C(=O)OCC(C)O.CN.CN.CN. The molecule has 0 bridgehead atoms. The number of aliphatic hydroxyl groups is 1. The molecule has 0 rings (SSSR count). The monoisotopic (exact) mass is 237 g/mol. The van der Waals surface area contributed by atoms with Gasteiger partial charge in [-0.15, -0.1) is 0 Å². The van der Waals surface area contributed by atoms with E-state index in [0.717, 1.165) is 0 Å². The summed E-state index contributed by atoms with van der Waals surface area (Å²) in [4.78, 5) is 10.6. The molecule has 0 aromatic carbocycles. The highest BCUT2D eigenvalue weighted by atomic mass is 16.5. The first-order valence-corrected chi connectivity index (χ1v) is 4.78. The molecule has 0 aliphatic rings. The summed E-state index contributed by atoms with van der Waals surface area (Å²) in [5.41, 5.74) is 13.8. The van der Waals surface area contributed by atoms with Crippen LogP contribution in [0.25, 0.3) is 0 Å². The maximum absolute atomic E-state index is 10.6. The van der Waals surface area contributed by atoms with Crippen LogP contribution in [0.4, 0.5) is 0 Å². The molecule has 100 valence electrons. The molecule has 0 saturated heterocycles. The van der Waals surface area contributed by atoms with Gasteiger partial charge in [0.2, 0.25) is 0 Å². The quantitative estimate of drug-likeness (QED) is 0.376. The Hall–Kier alpha value is -0.950. The lowest BCUT2D eigenvalue weighted by atomic mass is 10.3. The second-order valence-corrected chi connectivity index (χ2v) is 2.23. The first-order chi connectivity index (χ1) is 7.54. The molecule has 0 aromatic heterocycles. The molecule has 6 heteroatoms. The van der Waals surface area contributed by atoms with Gasteiger partial charge in [-0.1, -0.05) is 6.58 Å². The van der Waals surface area contributed by atoms with Crippen molar-refractivity contribution in [1.29, 1.82) is 0 Å². The van der Waals surface area contributed by atoms with Crippen molar-refractivity contribution >= 4 is 5.97 Å². The van der Waals surface area contributed by atoms with Gasteiger partial charge in [0.05, 0.1) is 6.10 Å². The topological polar surface area (TPSA) is 125 Å². The number of hydrogen-bond acceptors (Lipinski definition) is 6. The van der Waals surface area contributed by atoms with Gasteiger partial charge in [0, 0.05) is 5.57 Å². The molecule has 0 spiro atoms. The fourth-order valence-corrected chi connectivity index (χ4v) is 0.319. The smallest absolute Gasteiger partial charge is 0.333 e. The molecule has 16 heavy (non-hydrogen) atoms. The summed E-state index contributed by atoms with van der Waals surface area (Å²) < 4.78 is 4.58. The van der Waals surface area contributed by atoms with Crippen LogP contribution in [0.1, 0.15) is 13.8 Å². The Morgan fingerprint density at radius 2 is 1.56 bits per heavy atom. The maximum Gasteiger partial charge on any atom is 0.333 e. The molecule has 6 nitrogen and oxygen atoms in total. The van der Waals surface area contributed by atoms with Crippen LogP contribution in [-0.2, 0) is 9.53 Å². The van der Waals surface area contributed by atoms with E-state index in [9.17, 15) is 4.79 Å². The van der Waals surface area contributed by atoms with Crippen molar-refractivity contribution in [2.24, 2.45) is 17.2 Å². The van der Waals surface area contributed by atoms with Crippen molar-refractivity contribution < 1.29 is 14.6 Å². The van der Waals surface area contributed by atoms with Crippen LogP contribution < -0.4 is 17.2 Å². The van der Waals surface area contributed by atoms with Crippen LogP contribution >= 0.6 is 0 Å². The van der Waals surface area contributed by atoms with Crippen molar-refractivity contribution in [2.45, 2.75) is 20.0 Å². The highest BCUT2D eigenvalue weighted by Crippen LogP contribution is 1.92. The van der Waals surface area contributed by atoms with E-state index in [2.05, 4.69) is 28.5 Å². The second-order valence-electron chi connectivity index (χ2n) is 2.23. The fraction of sp³-hybridized carbons (Fsp3) is 0.700. The van der Waals surface area contributed by atoms with Gasteiger partial charge in [0.15, 0.2) is 0 Å². The Morgan fingerprint density at radius 1 is 1.25 bits per heavy atom. The number of hydrogen-bond donors (Lipinski definition) is 4. The maximum atomic E-state index is 10.6. The zero-order chi connectivity index (χ0) is 14.1. The van der Waals surface area contributed by atoms with E-state index >= 15 is 0 Å². The Balaban J connectivity index is -0.000000103. The third-order valence-corrected chi connectivity index (χ3v) is 0.804. The average molecular weight is 237 g/mol. The molecule has 0 aliphatic carbocycles. The second kappa shape index (κ2) is 23.7. The molecule has 0 aliphatic heterocycles. The predicted molar refractivity (Wildman–Crippen MR) is 67.8 cm³/mol. The number of nitrogens with two attached hydrogens (primary N) is 3. The highest BCUT2D eigenvalue weighted by Gasteiger charge is 2.03. The van der Waals surface area contributed by atoms with Crippen LogP contribution in [0.15, 0.2) is 12.2 Å². The van der Waals surface area contributed by atoms with E-state index in [1.165, 1.54) is 21.1 Å². The van der Waals surface area contributed by atoms with Gasteiger partial charge in [-0.25, -0.2) is 4.79 Å². The third-order valence-electron chi connectivity index (χ3n) is 0.804. The van der Waals surface area contributed by atoms with E-state index in [1.54, 1.807) is 13.8 Å². The van der Waals surface area contributed by atoms with E-state index in [0.29, 0.717) is 5.57 Å². The first-order valence-electron chi connectivity index (χ1n) is 4.78. The largest absolute Gasteiger partial charge is 0.460 e. The minimum atomic E-state index is -0.608. The van der Waals surface area contributed by atoms with Crippen molar-refractivity contribution in [2.75, 3.05) is 27.7 Å². The molecule has 0 radical (unpaired) electrons. The average Bonchev–Trinajstić information content (AvgIpc) is 2.33. The fourth-order valence-electron chi connectivity index (χ4n) is 0.319. The van der Waals surface area contributed by atoms with Gasteiger partial charge in [0.1, 0.15) is 6.61 Å². The zero-order valence-electron chi connectivity index (χ0n) is 11.0. The summed E-state index contributed by atoms with van der Waals surface area (Å²) in [5, 5.41) is 8.68. The minimum Gasteiger partial charge on any atom is -0.460 e. The van der Waals surface area contributed by atoms with Gasteiger partial charge in [-0.3, -0.25) is 0 Å². The number of esters is 1. The normalized spacial score (nSPS) is 8.81. The highest BCUT2D eigenvalue weighted by molar-refractivity contribution is 5.86. The van der Waals surface area contributed by atoms with E-state index in [4.69, 9.17) is 5.11 Å². The van der Waals surface area contributed by atoms with Crippen LogP contribution in [-0.4, -0.2) is 44.9 Å². The Bertz CT molecular complexity index is 150. The summed E-state index contributed by atoms with van der Waals surface area (Å²) in [7, 11) is 4.50. The molecule has 1 atom stereocenters. The molecular weight excluding hydrogens is 210 g/mol. The summed E-state index contributed by atoms with van der Waals surface area (Å²) >= 11 is 0. The number of rotatable bonds is 3. The Morgan fingerprint density at radius 3 is 1.75 bits per heavy atom. The van der Waals surface area contributed by atoms with Crippen LogP contribution in [0.2, 0.25) is 0 Å². The van der Waals surface area contributed by atoms with Crippen molar-refractivity contribution in [3.05, 3.63) is 12.2 Å². The lowest BCUT2D eigenvalue weighted by Crippen LogP contribution is -2.15. The van der Waals surface area contributed by atoms with E-state index in [1.807, 2.05) is 0 Å². The van der Waals surface area contributed by atoms with E-state index < -0.39 is 12.1 Å². The molecule has 0 fully saturated rings. The van der Waals surface area contributed by atoms with Gasteiger partial charge >= 0.3 is 5.97 Å².